The fraction of sp³-hybridized carbons (Fsp3) is 0.308. The molecular formula is C39H42N10O9S. The van der Waals surface area contributed by atoms with Gasteiger partial charge in [-0.15, -0.1) is 0 Å². The molecule has 2 aliphatic heterocycles. The maximum atomic E-state index is 13.0. The molecule has 0 radical (unpaired) electrons. The van der Waals surface area contributed by atoms with Crippen LogP contribution in [0.2, 0.25) is 0 Å². The molecule has 19 nitrogen and oxygen atoms in total. The highest BCUT2D eigenvalue weighted by molar-refractivity contribution is 7.89. The zero-order valence-corrected chi connectivity index (χ0v) is 32.4. The fourth-order valence-corrected chi connectivity index (χ4v) is 7.87. The van der Waals surface area contributed by atoms with Crippen LogP contribution in [0.15, 0.2) is 94.6 Å². The number of carbonyl (C=O) groups excluding carboxylic acids is 1. The van der Waals surface area contributed by atoms with Crippen molar-refractivity contribution in [2.45, 2.75) is 61.2 Å². The first-order chi connectivity index (χ1) is 28.3. The molecule has 3 aromatic heterocycles. The van der Waals surface area contributed by atoms with E-state index in [2.05, 4.69) is 26.1 Å². The number of hydrogen-bond acceptors (Lipinski definition) is 15. The van der Waals surface area contributed by atoms with Crippen molar-refractivity contribution in [3.05, 3.63) is 108 Å². The summed E-state index contributed by atoms with van der Waals surface area (Å²) in [7, 11) is -3.97. The number of benzene rings is 3. The molecule has 308 valence electrons. The Morgan fingerprint density at radius 2 is 1.69 bits per heavy atom. The number of aliphatic hydroxyl groups excluding tert-OH is 2. The third-order valence-corrected chi connectivity index (χ3v) is 11.3. The minimum absolute atomic E-state index is 0.115. The first-order valence-corrected chi connectivity index (χ1v) is 20.4. The molecule has 8 rings (SSSR count). The topological polar surface area (TPSA) is 276 Å². The summed E-state index contributed by atoms with van der Waals surface area (Å²) in [5.41, 5.74) is 3.30. The van der Waals surface area contributed by atoms with Crippen LogP contribution in [0.1, 0.15) is 54.2 Å². The number of nitrogens with two attached hydrogens (primary N) is 1. The number of nitrogens with zero attached hydrogens (tertiary/aromatic N) is 6. The smallest absolute Gasteiger partial charge is 0.319 e. The van der Waals surface area contributed by atoms with E-state index < -0.39 is 40.6 Å². The Hall–Kier alpha value is -6.32. The maximum absolute atomic E-state index is 13.0. The van der Waals surface area contributed by atoms with Gasteiger partial charge in [0.2, 0.25) is 16.0 Å². The number of nitrogens with one attached hydrogen (secondary N) is 3. The third kappa shape index (κ3) is 8.34. The van der Waals surface area contributed by atoms with Crippen LogP contribution >= 0.6 is 0 Å². The quantitative estimate of drug-likeness (QED) is 0.0881. The van der Waals surface area contributed by atoms with Gasteiger partial charge in [-0.05, 0) is 66.4 Å². The number of aromatic hydroxyl groups is 2. The van der Waals surface area contributed by atoms with Crippen LogP contribution in [-0.4, -0.2) is 97.4 Å². The molecule has 0 bridgehead atoms. The number of aryl methyl sites for hydroxylation is 1. The molecule has 2 aliphatic rings. The van der Waals surface area contributed by atoms with Gasteiger partial charge in [0.15, 0.2) is 29.0 Å². The molecule has 5 heterocycles. The Morgan fingerprint density at radius 3 is 2.36 bits per heavy atom. The second kappa shape index (κ2) is 16.1. The van der Waals surface area contributed by atoms with Crippen LogP contribution in [-0.2, 0) is 21.2 Å². The lowest BCUT2D eigenvalue weighted by atomic mass is 9.91. The summed E-state index contributed by atoms with van der Waals surface area (Å²) in [4.78, 5) is 29.2. The Morgan fingerprint density at radius 1 is 0.983 bits per heavy atom. The Balaban J connectivity index is 1.09. The number of anilines is 3. The van der Waals surface area contributed by atoms with Gasteiger partial charge in [0.1, 0.15) is 29.8 Å². The average Bonchev–Trinajstić information content (AvgIpc) is 4.03. The van der Waals surface area contributed by atoms with Gasteiger partial charge in [-0.2, -0.15) is 9.97 Å². The number of phenolic OH excluding ortho intramolecular Hbond substituents is 2. The van der Waals surface area contributed by atoms with Gasteiger partial charge in [0, 0.05) is 43.3 Å². The lowest BCUT2D eigenvalue weighted by Crippen LogP contribution is -2.40. The van der Waals surface area contributed by atoms with Crippen molar-refractivity contribution in [1.29, 1.82) is 0 Å². The number of phenols is 2. The number of urea groups is 1. The van der Waals surface area contributed by atoms with Crippen LogP contribution in [0.3, 0.4) is 0 Å². The number of carbonyl (C=O) groups is 1. The number of aliphatic hydroxyl groups is 2. The standard InChI is InChI=1S/C39H42N10O9S/c1-2-23-17-30(58-47-23)34-32(52)33(53)37(57-34)49-20-42-31-35(41-18-29(21-6-10-26(50)11-7-21)22-8-12-27(51)13-9-22)45-38(46-36(31)49)48-15-14-25(19-48)44-39(54)43-24-4-3-5-28(16-24)59(40,55)56/h3-13,16-17,20,25,29,32-34,37,50-53H,2,14-15,18-19H2,1H3,(H2,40,55,56)(H,41,45,46)(H2,43,44,54)/t25-,32-,33+,34+,37+/m0/s1. The molecule has 0 spiro atoms. The highest BCUT2D eigenvalue weighted by Gasteiger charge is 2.47. The summed E-state index contributed by atoms with van der Waals surface area (Å²) in [5.74, 6) is 0.854. The van der Waals surface area contributed by atoms with Crippen molar-refractivity contribution in [3.63, 3.8) is 0 Å². The molecule has 6 aromatic rings. The molecule has 9 N–H and O–H groups in total. The number of aromatic nitrogens is 5. The van der Waals surface area contributed by atoms with Gasteiger partial charge in [0.25, 0.3) is 0 Å². The van der Waals surface area contributed by atoms with Crippen LogP contribution in [0.4, 0.5) is 22.2 Å². The summed E-state index contributed by atoms with van der Waals surface area (Å²) in [6, 6.07) is 20.0. The number of ether oxygens (including phenoxy) is 1. The first-order valence-electron chi connectivity index (χ1n) is 18.8. The number of amides is 2. The van der Waals surface area contributed by atoms with Crippen LogP contribution < -0.4 is 26.0 Å². The molecule has 0 aliphatic carbocycles. The fourth-order valence-electron chi connectivity index (χ4n) is 7.31. The molecule has 5 atom stereocenters. The van der Waals surface area contributed by atoms with E-state index in [-0.39, 0.29) is 51.4 Å². The number of imidazole rings is 1. The molecule has 59 heavy (non-hydrogen) atoms. The predicted octanol–water partition coefficient (Wildman–Crippen LogP) is 3.07. The van der Waals surface area contributed by atoms with Crippen molar-refractivity contribution in [2.24, 2.45) is 5.14 Å². The second-order valence-electron chi connectivity index (χ2n) is 14.4. The van der Waals surface area contributed by atoms with Gasteiger partial charge in [-0.1, -0.05) is 42.4 Å². The monoisotopic (exact) mass is 826 g/mol. The van der Waals surface area contributed by atoms with E-state index in [4.69, 9.17) is 24.4 Å². The van der Waals surface area contributed by atoms with Crippen molar-refractivity contribution < 1.29 is 42.9 Å². The van der Waals surface area contributed by atoms with Crippen molar-refractivity contribution in [3.8, 4) is 11.5 Å². The van der Waals surface area contributed by atoms with E-state index in [1.165, 1.54) is 29.1 Å². The Bertz CT molecular complexity index is 2520. The first kappa shape index (κ1) is 39.5. The Labute approximate surface area is 337 Å². The molecule has 2 amide bonds. The SMILES string of the molecule is CCc1cc([C@H]2O[C@@H](n3cnc4c(NCC(c5ccc(O)cc5)c5ccc(O)cc5)nc(N5CC[C@H](NC(=O)Nc6cccc(S(N)(=O)=O)c6)C5)nc43)[C@H](O)[C@@H]2O)on1. The van der Waals surface area contributed by atoms with Gasteiger partial charge in [0.05, 0.1) is 16.9 Å². The Kier molecular flexibility index (Phi) is 10.8. The molecule has 3 aromatic carbocycles. The average molecular weight is 827 g/mol. The van der Waals surface area contributed by atoms with Gasteiger partial charge in [-0.3, -0.25) is 4.57 Å². The summed E-state index contributed by atoms with van der Waals surface area (Å²) in [6.45, 7) is 2.96. The summed E-state index contributed by atoms with van der Waals surface area (Å²) >= 11 is 0. The van der Waals surface area contributed by atoms with E-state index >= 15 is 0 Å². The molecule has 2 fully saturated rings. The molecule has 0 unspecified atom stereocenters. The number of hydrogen-bond donors (Lipinski definition) is 8. The summed E-state index contributed by atoms with van der Waals surface area (Å²) in [6.07, 6.45) is -2.33. The molecule has 0 saturated carbocycles. The number of fused-ring (bicyclic) bond motifs is 1. The van der Waals surface area contributed by atoms with Crippen LogP contribution in [0.5, 0.6) is 11.5 Å². The van der Waals surface area contributed by atoms with Crippen molar-refractivity contribution >= 4 is 44.7 Å². The van der Waals surface area contributed by atoms with Gasteiger partial charge < -0.3 is 50.5 Å². The van der Waals surface area contributed by atoms with Gasteiger partial charge in [-0.25, -0.2) is 23.3 Å². The highest BCUT2D eigenvalue weighted by Crippen LogP contribution is 2.41. The second-order valence-corrected chi connectivity index (χ2v) is 16.0. The largest absolute Gasteiger partial charge is 0.508 e. The number of sulfonamides is 1. The lowest BCUT2D eigenvalue weighted by Gasteiger charge is -2.22. The zero-order chi connectivity index (χ0) is 41.4. The minimum atomic E-state index is -3.97. The zero-order valence-electron chi connectivity index (χ0n) is 31.6. The van der Waals surface area contributed by atoms with Crippen molar-refractivity contribution in [2.75, 3.05) is 35.2 Å². The van der Waals surface area contributed by atoms with E-state index in [1.807, 2.05) is 36.1 Å². The summed E-state index contributed by atoms with van der Waals surface area (Å²) in [5, 5.41) is 60.7. The van der Waals surface area contributed by atoms with E-state index in [0.717, 1.165) is 11.1 Å². The third-order valence-electron chi connectivity index (χ3n) is 10.4. The lowest BCUT2D eigenvalue weighted by molar-refractivity contribution is -0.0434. The van der Waals surface area contributed by atoms with Crippen LogP contribution in [0.25, 0.3) is 11.2 Å². The normalized spacial score (nSPS) is 20.7. The van der Waals surface area contributed by atoms with Crippen LogP contribution in [0, 0.1) is 0 Å². The summed E-state index contributed by atoms with van der Waals surface area (Å²) < 4.78 is 36.8. The molecule has 2 saturated heterocycles. The highest BCUT2D eigenvalue weighted by atomic mass is 32.2. The van der Waals surface area contributed by atoms with Crippen molar-refractivity contribution in [1.82, 2.24) is 30.0 Å². The number of primary sulfonamides is 1. The molecule has 20 heteroatoms. The maximum Gasteiger partial charge on any atom is 0.319 e. The minimum Gasteiger partial charge on any atom is -0.508 e. The van der Waals surface area contributed by atoms with E-state index in [0.29, 0.717) is 49.5 Å². The number of rotatable bonds is 12. The van der Waals surface area contributed by atoms with Gasteiger partial charge >= 0.3 is 6.03 Å². The predicted molar refractivity (Wildman–Crippen MR) is 213 cm³/mol. The van der Waals surface area contributed by atoms with E-state index in [9.17, 15) is 33.6 Å². The van der Waals surface area contributed by atoms with E-state index in [1.54, 1.807) is 36.4 Å². The molecular weight excluding hydrogens is 785 g/mol.